The highest BCUT2D eigenvalue weighted by molar-refractivity contribution is 9.10. The van der Waals surface area contributed by atoms with Crippen LogP contribution in [0.25, 0.3) is 0 Å². The maximum atomic E-state index is 11.9. The van der Waals surface area contributed by atoms with Gasteiger partial charge in [-0.25, -0.2) is 4.98 Å². The van der Waals surface area contributed by atoms with Gasteiger partial charge in [0.1, 0.15) is 5.82 Å². The molecule has 0 aliphatic carbocycles. The van der Waals surface area contributed by atoms with E-state index in [4.69, 9.17) is 0 Å². The van der Waals surface area contributed by atoms with Crippen molar-refractivity contribution < 1.29 is 4.79 Å². The third-order valence-electron chi connectivity index (χ3n) is 2.52. The summed E-state index contributed by atoms with van der Waals surface area (Å²) in [6.45, 7) is 0. The van der Waals surface area contributed by atoms with Gasteiger partial charge in [0.05, 0.1) is 0 Å². The van der Waals surface area contributed by atoms with Gasteiger partial charge in [-0.2, -0.15) is 0 Å². The lowest BCUT2D eigenvalue weighted by Crippen LogP contribution is -2.05. The van der Waals surface area contributed by atoms with E-state index < -0.39 is 0 Å². The predicted molar refractivity (Wildman–Crippen MR) is 67.8 cm³/mol. The first-order valence-electron chi connectivity index (χ1n) is 5.27. The average Bonchev–Trinajstić information content (AvgIpc) is 2.72. The molecule has 0 saturated carbocycles. The third-order valence-corrected chi connectivity index (χ3v) is 2.96. The lowest BCUT2D eigenvalue weighted by atomic mass is 10.1. The molecule has 4 nitrogen and oxygen atoms in total. The summed E-state index contributed by atoms with van der Waals surface area (Å²) in [6, 6.07) is 1.79. The average molecular weight is 294 g/mol. The van der Waals surface area contributed by atoms with Crippen molar-refractivity contribution in [2.24, 2.45) is 7.05 Å². The molecule has 5 heteroatoms. The Hall–Kier alpha value is -1.49. The second-order valence-electron chi connectivity index (χ2n) is 3.77. The van der Waals surface area contributed by atoms with E-state index in [1.54, 1.807) is 24.7 Å². The highest BCUT2D eigenvalue weighted by Crippen LogP contribution is 2.12. The summed E-state index contributed by atoms with van der Waals surface area (Å²) in [5.74, 6) is 1.00. The lowest BCUT2D eigenvalue weighted by Gasteiger charge is -2.02. The van der Waals surface area contributed by atoms with E-state index in [1.165, 1.54) is 0 Å². The van der Waals surface area contributed by atoms with Crippen molar-refractivity contribution in [3.63, 3.8) is 0 Å². The van der Waals surface area contributed by atoms with Crippen LogP contribution in [0.3, 0.4) is 0 Å². The Kier molecular flexibility index (Phi) is 3.68. The van der Waals surface area contributed by atoms with Gasteiger partial charge in [0.2, 0.25) is 0 Å². The molecule has 2 rings (SSSR count). The van der Waals surface area contributed by atoms with Crippen molar-refractivity contribution in [1.82, 2.24) is 14.5 Å². The summed E-state index contributed by atoms with van der Waals surface area (Å²) in [4.78, 5) is 20.1. The smallest absolute Gasteiger partial charge is 0.164 e. The zero-order chi connectivity index (χ0) is 12.3. The number of halogens is 1. The molecule has 0 aliphatic rings. The minimum atomic E-state index is 0.0850. The summed E-state index contributed by atoms with van der Waals surface area (Å²) >= 11 is 3.30. The summed E-state index contributed by atoms with van der Waals surface area (Å²) < 4.78 is 2.74. The highest BCUT2D eigenvalue weighted by Gasteiger charge is 2.08. The van der Waals surface area contributed by atoms with Crippen molar-refractivity contribution in [3.8, 4) is 0 Å². The summed E-state index contributed by atoms with van der Waals surface area (Å²) in [5.41, 5.74) is 0.633. The predicted octanol–water partition coefficient (Wildman–Crippen LogP) is 2.39. The Morgan fingerprint density at radius 1 is 1.47 bits per heavy atom. The van der Waals surface area contributed by atoms with E-state index in [0.717, 1.165) is 10.3 Å². The van der Waals surface area contributed by atoms with Crippen LogP contribution in [0.1, 0.15) is 22.6 Å². The zero-order valence-corrected chi connectivity index (χ0v) is 11.0. The molecule has 2 aromatic heterocycles. The fraction of sp³-hybridized carbons (Fsp3) is 0.250. The van der Waals surface area contributed by atoms with E-state index in [9.17, 15) is 4.79 Å². The molecule has 2 heterocycles. The van der Waals surface area contributed by atoms with Gasteiger partial charge in [0.15, 0.2) is 5.78 Å². The fourth-order valence-electron chi connectivity index (χ4n) is 1.57. The minimum Gasteiger partial charge on any atom is -0.338 e. The number of aryl methyl sites for hydroxylation is 2. The van der Waals surface area contributed by atoms with E-state index in [-0.39, 0.29) is 5.78 Å². The molecular weight excluding hydrogens is 282 g/mol. The van der Waals surface area contributed by atoms with Gasteiger partial charge >= 0.3 is 0 Å². The Bertz CT molecular complexity index is 536. The number of aromatic nitrogens is 3. The molecule has 0 fully saturated rings. The van der Waals surface area contributed by atoms with Crippen LogP contribution in [0.2, 0.25) is 0 Å². The second-order valence-corrected chi connectivity index (χ2v) is 4.69. The van der Waals surface area contributed by atoms with Crippen molar-refractivity contribution in [2.75, 3.05) is 0 Å². The quantitative estimate of drug-likeness (QED) is 0.813. The monoisotopic (exact) mass is 293 g/mol. The van der Waals surface area contributed by atoms with Crippen LogP contribution >= 0.6 is 15.9 Å². The van der Waals surface area contributed by atoms with Gasteiger partial charge < -0.3 is 4.57 Å². The van der Waals surface area contributed by atoms with Crippen molar-refractivity contribution in [2.45, 2.75) is 12.8 Å². The van der Waals surface area contributed by atoms with Crippen LogP contribution < -0.4 is 0 Å². The van der Waals surface area contributed by atoms with E-state index >= 15 is 0 Å². The number of nitrogens with zero attached hydrogens (tertiary/aromatic N) is 3. The molecule has 0 atom stereocenters. The number of ketones is 1. The summed E-state index contributed by atoms with van der Waals surface area (Å²) in [6.07, 6.45) is 7.96. The molecule has 0 amide bonds. The van der Waals surface area contributed by atoms with Crippen molar-refractivity contribution in [3.05, 3.63) is 46.7 Å². The van der Waals surface area contributed by atoms with Crippen LogP contribution in [-0.2, 0) is 13.5 Å². The first-order valence-corrected chi connectivity index (χ1v) is 6.06. The largest absolute Gasteiger partial charge is 0.338 e. The minimum absolute atomic E-state index is 0.0850. The van der Waals surface area contributed by atoms with Crippen LogP contribution in [0.5, 0.6) is 0 Å². The first kappa shape index (κ1) is 12.0. The third kappa shape index (κ3) is 3.00. The van der Waals surface area contributed by atoms with E-state index in [1.807, 2.05) is 17.8 Å². The number of Topliss-reactive ketones (excluding diaryl/α,β-unsaturated/α-hetero) is 1. The van der Waals surface area contributed by atoms with Gasteiger partial charge in [0, 0.05) is 54.7 Å². The SMILES string of the molecule is Cn1ccnc1CCC(=O)c1cncc(Br)c1. The molecular formula is C12H12BrN3O. The molecule has 0 saturated heterocycles. The molecule has 0 spiro atoms. The Morgan fingerprint density at radius 2 is 2.29 bits per heavy atom. The zero-order valence-electron chi connectivity index (χ0n) is 9.43. The number of rotatable bonds is 4. The summed E-state index contributed by atoms with van der Waals surface area (Å²) in [5, 5.41) is 0. The molecule has 0 unspecified atom stereocenters. The van der Waals surface area contributed by atoms with Crippen LogP contribution in [0.4, 0.5) is 0 Å². The van der Waals surface area contributed by atoms with Crippen LogP contribution in [-0.4, -0.2) is 20.3 Å². The fourth-order valence-corrected chi connectivity index (χ4v) is 1.94. The number of pyridine rings is 1. The maximum Gasteiger partial charge on any atom is 0.164 e. The van der Waals surface area contributed by atoms with Gasteiger partial charge in [-0.05, 0) is 22.0 Å². The summed E-state index contributed by atoms with van der Waals surface area (Å²) in [7, 11) is 1.92. The number of carbonyl (C=O) groups is 1. The molecule has 0 N–H and O–H groups in total. The lowest BCUT2D eigenvalue weighted by molar-refractivity contribution is 0.0981. The van der Waals surface area contributed by atoms with Gasteiger partial charge in [-0.1, -0.05) is 0 Å². The molecule has 0 aromatic carbocycles. The van der Waals surface area contributed by atoms with Crippen molar-refractivity contribution >= 4 is 21.7 Å². The topological polar surface area (TPSA) is 47.8 Å². The molecule has 88 valence electrons. The van der Waals surface area contributed by atoms with Crippen LogP contribution in [0, 0.1) is 0 Å². The van der Waals surface area contributed by atoms with Crippen molar-refractivity contribution in [1.29, 1.82) is 0 Å². The first-order chi connectivity index (χ1) is 8.16. The molecule has 2 aromatic rings. The normalized spacial score (nSPS) is 10.5. The molecule has 0 aliphatic heterocycles. The van der Waals surface area contributed by atoms with Gasteiger partial charge in [0.25, 0.3) is 0 Å². The Balaban J connectivity index is 2.01. The van der Waals surface area contributed by atoms with Gasteiger partial charge in [-0.3, -0.25) is 9.78 Å². The molecule has 0 radical (unpaired) electrons. The number of hydrogen-bond acceptors (Lipinski definition) is 3. The number of hydrogen-bond donors (Lipinski definition) is 0. The van der Waals surface area contributed by atoms with Gasteiger partial charge in [-0.15, -0.1) is 0 Å². The maximum absolute atomic E-state index is 11.9. The Labute approximate surface area is 108 Å². The Morgan fingerprint density at radius 3 is 2.94 bits per heavy atom. The van der Waals surface area contributed by atoms with E-state index in [0.29, 0.717) is 18.4 Å². The standard InChI is InChI=1S/C12H12BrN3O/c1-16-5-4-15-12(16)3-2-11(17)9-6-10(13)8-14-7-9/h4-8H,2-3H2,1H3. The second kappa shape index (κ2) is 5.23. The number of imidazole rings is 1. The number of carbonyl (C=O) groups excluding carboxylic acids is 1. The highest BCUT2D eigenvalue weighted by atomic mass is 79.9. The van der Waals surface area contributed by atoms with E-state index in [2.05, 4.69) is 25.9 Å². The van der Waals surface area contributed by atoms with Crippen LogP contribution in [0.15, 0.2) is 35.3 Å². The molecule has 0 bridgehead atoms. The molecule has 17 heavy (non-hydrogen) atoms.